The van der Waals surface area contributed by atoms with Crippen LogP contribution in [0, 0.1) is 12.8 Å². The van der Waals surface area contributed by atoms with Gasteiger partial charge in [-0.25, -0.2) is 0 Å². The molecule has 0 saturated heterocycles. The van der Waals surface area contributed by atoms with Crippen LogP contribution >= 0.6 is 0 Å². The molecule has 0 aromatic heterocycles. The van der Waals surface area contributed by atoms with Gasteiger partial charge in [-0.1, -0.05) is 12.1 Å². The third-order valence-electron chi connectivity index (χ3n) is 3.44. The smallest absolute Gasteiger partial charge is 0.119 e. The van der Waals surface area contributed by atoms with Gasteiger partial charge >= 0.3 is 0 Å². The summed E-state index contributed by atoms with van der Waals surface area (Å²) in [5.74, 6) is 1.64. The van der Waals surface area contributed by atoms with E-state index in [9.17, 15) is 5.11 Å². The summed E-state index contributed by atoms with van der Waals surface area (Å²) in [5.41, 5.74) is 1.17. The minimum absolute atomic E-state index is 0.341. The van der Waals surface area contributed by atoms with Gasteiger partial charge in [0.25, 0.3) is 0 Å². The summed E-state index contributed by atoms with van der Waals surface area (Å²) in [5, 5.41) is 13.2. The normalized spacial score (nSPS) is 18.4. The third-order valence-corrected chi connectivity index (χ3v) is 3.44. The number of hydrogen-bond acceptors (Lipinski definition) is 3. The molecule has 2 N–H and O–H groups in total. The number of ether oxygens (including phenoxy) is 1. The van der Waals surface area contributed by atoms with Crippen LogP contribution < -0.4 is 10.1 Å². The Labute approximate surface area is 109 Å². The van der Waals surface area contributed by atoms with Crippen molar-refractivity contribution in [2.45, 2.75) is 38.8 Å². The van der Waals surface area contributed by atoms with Crippen molar-refractivity contribution in [2.75, 3.05) is 13.2 Å². The monoisotopic (exact) mass is 249 g/mol. The van der Waals surface area contributed by atoms with Crippen LogP contribution in [-0.4, -0.2) is 30.4 Å². The first-order chi connectivity index (χ1) is 8.65. The largest absolute Gasteiger partial charge is 0.491 e. The van der Waals surface area contributed by atoms with Crippen molar-refractivity contribution in [3.8, 4) is 5.75 Å². The van der Waals surface area contributed by atoms with Crippen LogP contribution in [-0.2, 0) is 0 Å². The van der Waals surface area contributed by atoms with E-state index in [-0.39, 0.29) is 0 Å². The minimum atomic E-state index is -0.452. The quantitative estimate of drug-likeness (QED) is 0.778. The van der Waals surface area contributed by atoms with Crippen LogP contribution in [0.15, 0.2) is 24.3 Å². The number of hydrogen-bond donors (Lipinski definition) is 2. The van der Waals surface area contributed by atoms with Crippen LogP contribution in [0.5, 0.6) is 5.75 Å². The van der Waals surface area contributed by atoms with E-state index in [2.05, 4.69) is 12.2 Å². The fourth-order valence-electron chi connectivity index (χ4n) is 2.04. The number of aliphatic hydroxyl groups is 1. The van der Waals surface area contributed by atoms with E-state index in [1.54, 1.807) is 0 Å². The van der Waals surface area contributed by atoms with Crippen molar-refractivity contribution in [2.24, 2.45) is 5.92 Å². The minimum Gasteiger partial charge on any atom is -0.491 e. The van der Waals surface area contributed by atoms with Crippen molar-refractivity contribution in [3.63, 3.8) is 0 Å². The average molecular weight is 249 g/mol. The maximum Gasteiger partial charge on any atom is 0.119 e. The SMILES string of the molecule is Cc1cccc(OCC(O)CNC(C)C2CC2)c1. The lowest BCUT2D eigenvalue weighted by Crippen LogP contribution is -2.37. The van der Waals surface area contributed by atoms with Gasteiger partial charge in [-0.2, -0.15) is 0 Å². The molecule has 0 heterocycles. The average Bonchev–Trinajstić information content (AvgIpc) is 3.17. The summed E-state index contributed by atoms with van der Waals surface area (Å²) in [6.45, 7) is 5.16. The number of aryl methyl sites for hydroxylation is 1. The molecule has 0 radical (unpaired) electrons. The molecule has 1 fully saturated rings. The van der Waals surface area contributed by atoms with Crippen LogP contribution in [0.2, 0.25) is 0 Å². The van der Waals surface area contributed by atoms with Crippen molar-refractivity contribution in [1.82, 2.24) is 5.32 Å². The number of aliphatic hydroxyl groups excluding tert-OH is 1. The molecular weight excluding hydrogens is 226 g/mol. The van der Waals surface area contributed by atoms with E-state index in [0.717, 1.165) is 11.7 Å². The zero-order chi connectivity index (χ0) is 13.0. The summed E-state index contributed by atoms with van der Waals surface area (Å²) < 4.78 is 5.57. The molecule has 1 saturated carbocycles. The third kappa shape index (κ3) is 4.31. The molecule has 2 atom stereocenters. The highest BCUT2D eigenvalue weighted by Crippen LogP contribution is 2.32. The number of nitrogens with one attached hydrogen (secondary N) is 1. The maximum atomic E-state index is 9.84. The van der Waals surface area contributed by atoms with Gasteiger partial charge in [-0.3, -0.25) is 0 Å². The van der Waals surface area contributed by atoms with Crippen LogP contribution in [0.25, 0.3) is 0 Å². The Morgan fingerprint density at radius 3 is 2.89 bits per heavy atom. The van der Waals surface area contributed by atoms with E-state index in [4.69, 9.17) is 4.74 Å². The standard InChI is InChI=1S/C15H23NO2/c1-11-4-3-5-15(8-11)18-10-14(17)9-16-12(2)13-6-7-13/h3-5,8,12-14,16-17H,6-7,9-10H2,1-2H3. The highest BCUT2D eigenvalue weighted by atomic mass is 16.5. The molecule has 18 heavy (non-hydrogen) atoms. The first-order valence-corrected chi connectivity index (χ1v) is 6.76. The fraction of sp³-hybridized carbons (Fsp3) is 0.600. The van der Waals surface area contributed by atoms with Gasteiger partial charge in [-0.05, 0) is 50.3 Å². The van der Waals surface area contributed by atoms with E-state index in [0.29, 0.717) is 19.2 Å². The molecule has 1 aromatic carbocycles. The zero-order valence-electron chi connectivity index (χ0n) is 11.2. The summed E-state index contributed by atoms with van der Waals surface area (Å²) in [6.07, 6.45) is 2.19. The van der Waals surface area contributed by atoms with Gasteiger partial charge in [0.1, 0.15) is 18.5 Å². The van der Waals surface area contributed by atoms with Crippen LogP contribution in [0.3, 0.4) is 0 Å². The number of rotatable bonds is 7. The van der Waals surface area contributed by atoms with Gasteiger partial charge < -0.3 is 15.2 Å². The molecule has 3 heteroatoms. The maximum absolute atomic E-state index is 9.84. The van der Waals surface area contributed by atoms with Crippen molar-refractivity contribution >= 4 is 0 Å². The van der Waals surface area contributed by atoms with Gasteiger partial charge in [-0.15, -0.1) is 0 Å². The molecular formula is C15H23NO2. The molecule has 0 bridgehead atoms. The van der Waals surface area contributed by atoms with Crippen LogP contribution in [0.1, 0.15) is 25.3 Å². The highest BCUT2D eigenvalue weighted by Gasteiger charge is 2.27. The van der Waals surface area contributed by atoms with E-state index >= 15 is 0 Å². The van der Waals surface area contributed by atoms with Gasteiger partial charge in [0.15, 0.2) is 0 Å². The molecule has 3 nitrogen and oxygen atoms in total. The highest BCUT2D eigenvalue weighted by molar-refractivity contribution is 5.27. The molecule has 1 aliphatic carbocycles. The second-order valence-corrected chi connectivity index (χ2v) is 5.32. The predicted molar refractivity (Wildman–Crippen MR) is 72.9 cm³/mol. The van der Waals surface area contributed by atoms with Gasteiger partial charge in [0.05, 0.1) is 0 Å². The Morgan fingerprint density at radius 2 is 2.22 bits per heavy atom. The summed E-state index contributed by atoms with van der Waals surface area (Å²) in [6, 6.07) is 8.40. The van der Waals surface area contributed by atoms with Crippen molar-refractivity contribution < 1.29 is 9.84 Å². The number of benzene rings is 1. The summed E-state index contributed by atoms with van der Waals surface area (Å²) >= 11 is 0. The lowest BCUT2D eigenvalue weighted by atomic mass is 10.2. The molecule has 1 aromatic rings. The molecule has 0 aliphatic heterocycles. The van der Waals surface area contributed by atoms with Crippen molar-refractivity contribution in [1.29, 1.82) is 0 Å². The first kappa shape index (κ1) is 13.4. The van der Waals surface area contributed by atoms with E-state index in [1.165, 1.54) is 18.4 Å². The van der Waals surface area contributed by atoms with Gasteiger partial charge in [0, 0.05) is 12.6 Å². The van der Waals surface area contributed by atoms with Gasteiger partial charge in [0.2, 0.25) is 0 Å². The molecule has 0 amide bonds. The van der Waals surface area contributed by atoms with Crippen molar-refractivity contribution in [3.05, 3.63) is 29.8 Å². The fourth-order valence-corrected chi connectivity index (χ4v) is 2.04. The van der Waals surface area contributed by atoms with E-state index in [1.807, 2.05) is 31.2 Å². The molecule has 2 unspecified atom stereocenters. The Bertz CT molecular complexity index is 377. The molecule has 100 valence electrons. The predicted octanol–water partition coefficient (Wildman–Crippen LogP) is 2.12. The summed E-state index contributed by atoms with van der Waals surface area (Å²) in [7, 11) is 0. The second-order valence-electron chi connectivity index (χ2n) is 5.32. The lowest BCUT2D eigenvalue weighted by molar-refractivity contribution is 0.103. The second kappa shape index (κ2) is 6.21. The Hall–Kier alpha value is -1.06. The zero-order valence-corrected chi connectivity index (χ0v) is 11.2. The van der Waals surface area contributed by atoms with E-state index < -0.39 is 6.10 Å². The summed E-state index contributed by atoms with van der Waals surface area (Å²) in [4.78, 5) is 0. The lowest BCUT2D eigenvalue weighted by Gasteiger charge is -2.17. The Kier molecular flexibility index (Phi) is 4.61. The molecule has 0 spiro atoms. The first-order valence-electron chi connectivity index (χ1n) is 6.76. The topological polar surface area (TPSA) is 41.5 Å². The van der Waals surface area contributed by atoms with Crippen LogP contribution in [0.4, 0.5) is 0 Å². The molecule has 2 rings (SSSR count). The Balaban J connectivity index is 1.66. The Morgan fingerprint density at radius 1 is 1.44 bits per heavy atom. The molecule has 1 aliphatic rings.